The van der Waals surface area contributed by atoms with Crippen molar-refractivity contribution in [2.45, 2.75) is 51.2 Å². The second-order valence-electron chi connectivity index (χ2n) is 9.94. The molecule has 0 saturated carbocycles. The van der Waals surface area contributed by atoms with E-state index in [-0.39, 0.29) is 13.0 Å². The quantitative estimate of drug-likeness (QED) is 0.256. The maximum atomic E-state index is 15.9. The first kappa shape index (κ1) is 27.0. The minimum atomic E-state index is -1.33. The smallest absolute Gasteiger partial charge is 0.249 e. The van der Waals surface area contributed by atoms with Gasteiger partial charge in [-0.05, 0) is 87.5 Å². The summed E-state index contributed by atoms with van der Waals surface area (Å²) in [6, 6.07) is 15.8. The molecule has 37 heavy (non-hydrogen) atoms. The summed E-state index contributed by atoms with van der Waals surface area (Å²) in [5.74, 6) is 0.191. The average Bonchev–Trinajstić information content (AvgIpc) is 2.95. The summed E-state index contributed by atoms with van der Waals surface area (Å²) >= 11 is 0. The van der Waals surface area contributed by atoms with Gasteiger partial charge in [0.15, 0.2) is 0 Å². The van der Waals surface area contributed by atoms with E-state index in [0.29, 0.717) is 47.0 Å². The van der Waals surface area contributed by atoms with E-state index in [0.717, 1.165) is 32.5 Å². The van der Waals surface area contributed by atoms with Crippen LogP contribution in [0, 0.1) is 5.41 Å². The Balaban J connectivity index is 1.43. The number of hydroxylamine groups is 1. The lowest BCUT2D eigenvalue weighted by Crippen LogP contribution is -2.48. The highest BCUT2D eigenvalue weighted by molar-refractivity contribution is 5.85. The molecule has 1 aliphatic heterocycles. The Morgan fingerprint density at radius 2 is 2.00 bits per heavy atom. The Bertz CT molecular complexity index is 1180. The molecular formula is C29H37FN4O3. The van der Waals surface area contributed by atoms with Gasteiger partial charge in [-0.15, -0.1) is 0 Å². The number of alkyl halides is 1. The molecule has 1 atom stereocenters. The van der Waals surface area contributed by atoms with Crippen molar-refractivity contribution in [3.05, 3.63) is 71.4 Å². The Labute approximate surface area is 217 Å². The summed E-state index contributed by atoms with van der Waals surface area (Å²) in [5, 5.41) is 10.2. The minimum Gasteiger partial charge on any atom is -0.497 e. The summed E-state index contributed by atoms with van der Waals surface area (Å²) in [6.45, 7) is 2.59. The van der Waals surface area contributed by atoms with E-state index < -0.39 is 17.5 Å². The number of aromatic nitrogens is 1. The van der Waals surface area contributed by atoms with E-state index >= 15 is 4.39 Å². The fourth-order valence-electron chi connectivity index (χ4n) is 5.51. The number of carbonyl (C=O) groups excluding carboxylic acids is 1. The number of hydrogen-bond acceptors (Lipinski definition) is 6. The van der Waals surface area contributed by atoms with Gasteiger partial charge in [0.05, 0.1) is 18.0 Å². The van der Waals surface area contributed by atoms with Crippen LogP contribution in [0.1, 0.15) is 55.0 Å². The van der Waals surface area contributed by atoms with Crippen molar-refractivity contribution < 1.29 is 19.1 Å². The van der Waals surface area contributed by atoms with Crippen LogP contribution in [0.4, 0.5) is 4.39 Å². The van der Waals surface area contributed by atoms with Gasteiger partial charge in [-0.25, -0.2) is 9.87 Å². The number of aryl methyl sites for hydroxylation is 1. The van der Waals surface area contributed by atoms with Crippen molar-refractivity contribution in [3.8, 4) is 5.75 Å². The average molecular weight is 509 g/mol. The summed E-state index contributed by atoms with van der Waals surface area (Å²) in [6.07, 6.45) is 3.97. The van der Waals surface area contributed by atoms with Crippen molar-refractivity contribution >= 4 is 16.8 Å². The van der Waals surface area contributed by atoms with Crippen LogP contribution in [-0.4, -0.2) is 47.7 Å². The number of nitrogens with zero attached hydrogens (tertiary/aromatic N) is 2. The third-order valence-electron chi connectivity index (χ3n) is 7.79. The van der Waals surface area contributed by atoms with Crippen LogP contribution < -0.4 is 16.0 Å². The highest BCUT2D eigenvalue weighted by atomic mass is 19.1. The van der Waals surface area contributed by atoms with Crippen LogP contribution >= 0.6 is 0 Å². The number of pyridine rings is 1. The number of hydrogen-bond donors (Lipinski definition) is 3. The highest BCUT2D eigenvalue weighted by Gasteiger charge is 2.41. The summed E-state index contributed by atoms with van der Waals surface area (Å²) in [5.41, 5.74) is 10.1. The molecule has 0 radical (unpaired) electrons. The molecule has 4 rings (SSSR count). The van der Waals surface area contributed by atoms with Gasteiger partial charge in [0.25, 0.3) is 0 Å². The number of nitrogens with two attached hydrogens (primary N) is 1. The van der Waals surface area contributed by atoms with E-state index in [2.05, 4.69) is 34.1 Å². The van der Waals surface area contributed by atoms with Gasteiger partial charge in [-0.2, -0.15) is 0 Å². The van der Waals surface area contributed by atoms with Gasteiger partial charge < -0.3 is 15.4 Å². The number of ether oxygens (including phenoxy) is 1. The zero-order valence-corrected chi connectivity index (χ0v) is 21.5. The predicted molar refractivity (Wildman–Crippen MR) is 142 cm³/mol. The predicted octanol–water partition coefficient (Wildman–Crippen LogP) is 4.71. The first-order chi connectivity index (χ1) is 18.0. The normalized spacial score (nSPS) is 16.4. The lowest BCUT2D eigenvalue weighted by atomic mass is 9.73. The van der Waals surface area contributed by atoms with Gasteiger partial charge in [0, 0.05) is 23.7 Å². The van der Waals surface area contributed by atoms with Crippen LogP contribution in [-0.2, 0) is 17.8 Å². The monoisotopic (exact) mass is 508 g/mol. The lowest BCUT2D eigenvalue weighted by molar-refractivity contribution is -0.143. The summed E-state index contributed by atoms with van der Waals surface area (Å²) in [7, 11) is 1.57. The Kier molecular flexibility index (Phi) is 9.08. The third-order valence-corrected chi connectivity index (χ3v) is 7.79. The van der Waals surface area contributed by atoms with Crippen LogP contribution in [0.25, 0.3) is 10.9 Å². The molecule has 0 unspecified atom stereocenters. The Morgan fingerprint density at radius 1 is 1.24 bits per heavy atom. The molecule has 1 amide bonds. The van der Waals surface area contributed by atoms with Gasteiger partial charge in [0.1, 0.15) is 11.9 Å². The maximum Gasteiger partial charge on any atom is 0.249 e. The van der Waals surface area contributed by atoms with Crippen molar-refractivity contribution in [3.63, 3.8) is 0 Å². The van der Waals surface area contributed by atoms with E-state index in [1.165, 1.54) is 5.56 Å². The molecule has 4 N–H and O–H groups in total. The summed E-state index contributed by atoms with van der Waals surface area (Å²) < 4.78 is 21.3. The van der Waals surface area contributed by atoms with E-state index in [4.69, 9.17) is 10.5 Å². The van der Waals surface area contributed by atoms with E-state index in [1.807, 2.05) is 11.5 Å². The Hall–Kier alpha value is -3.07. The zero-order chi connectivity index (χ0) is 26.3. The Morgan fingerprint density at radius 3 is 2.68 bits per heavy atom. The fraction of sp³-hybridized carbons (Fsp3) is 0.448. The van der Waals surface area contributed by atoms with Crippen LogP contribution in [0.5, 0.6) is 5.75 Å². The molecule has 2 heterocycles. The van der Waals surface area contributed by atoms with Crippen LogP contribution in [0.2, 0.25) is 0 Å². The second-order valence-corrected chi connectivity index (χ2v) is 9.94. The number of rotatable bonds is 11. The molecule has 0 aliphatic carbocycles. The highest BCUT2D eigenvalue weighted by Crippen LogP contribution is 2.41. The standard InChI is InChI=1S/C29H37FN4O3/c1-37-23-9-10-26-24(18-23)27(22(19-31)20-32-26)25(30)11-12-29(28(35)33-36)13-16-34(17-14-29)15-5-8-21-6-3-2-4-7-21/h2-4,6-7,9-10,18,20,25,36H,5,8,11-17,19,31H2,1H3,(H,33,35)/t25-/m1/s1. The molecule has 1 aromatic heterocycles. The van der Waals surface area contributed by atoms with Crippen molar-refractivity contribution in [2.24, 2.45) is 11.1 Å². The van der Waals surface area contributed by atoms with Crippen molar-refractivity contribution in [2.75, 3.05) is 26.7 Å². The zero-order valence-electron chi connectivity index (χ0n) is 21.5. The van der Waals surface area contributed by atoms with E-state index in [9.17, 15) is 10.0 Å². The lowest BCUT2D eigenvalue weighted by Gasteiger charge is -2.40. The molecule has 0 spiro atoms. The largest absolute Gasteiger partial charge is 0.497 e. The number of fused-ring (bicyclic) bond motifs is 1. The first-order valence-corrected chi connectivity index (χ1v) is 13.0. The van der Waals surface area contributed by atoms with Gasteiger partial charge in [-0.3, -0.25) is 15.0 Å². The van der Waals surface area contributed by atoms with E-state index in [1.54, 1.807) is 31.5 Å². The molecule has 2 aromatic carbocycles. The van der Waals surface area contributed by atoms with Crippen molar-refractivity contribution in [1.29, 1.82) is 0 Å². The molecule has 0 bridgehead atoms. The summed E-state index contributed by atoms with van der Waals surface area (Å²) in [4.78, 5) is 19.6. The number of piperidine rings is 1. The molecule has 1 saturated heterocycles. The van der Waals surface area contributed by atoms with Crippen LogP contribution in [0.15, 0.2) is 54.7 Å². The topological polar surface area (TPSA) is 101 Å². The number of amides is 1. The fourth-order valence-corrected chi connectivity index (χ4v) is 5.51. The molecule has 3 aromatic rings. The van der Waals surface area contributed by atoms with Crippen LogP contribution in [0.3, 0.4) is 0 Å². The number of benzene rings is 2. The molecule has 1 fully saturated rings. The molecular weight excluding hydrogens is 471 g/mol. The number of methoxy groups -OCH3 is 1. The number of halogens is 1. The second kappa shape index (κ2) is 12.4. The number of carbonyl (C=O) groups is 1. The molecule has 198 valence electrons. The third kappa shape index (κ3) is 6.26. The molecule has 8 heteroatoms. The SMILES string of the molecule is COc1ccc2ncc(CN)c([C@H](F)CCC3(C(=O)NO)CCN(CCCc4ccccc4)CC3)c2c1. The molecule has 7 nitrogen and oxygen atoms in total. The van der Waals surface area contributed by atoms with Gasteiger partial charge >= 0.3 is 0 Å². The van der Waals surface area contributed by atoms with Gasteiger partial charge in [-0.1, -0.05) is 30.3 Å². The van der Waals surface area contributed by atoms with Gasteiger partial charge in [0.2, 0.25) is 5.91 Å². The van der Waals surface area contributed by atoms with Crippen molar-refractivity contribution in [1.82, 2.24) is 15.4 Å². The molecule has 1 aliphatic rings. The minimum absolute atomic E-state index is 0.144. The number of likely N-dealkylation sites (tertiary alicyclic amines) is 1. The first-order valence-electron chi connectivity index (χ1n) is 13.0. The maximum absolute atomic E-state index is 15.9. The number of nitrogens with one attached hydrogen (secondary N) is 1.